The molecule has 0 bridgehead atoms. The van der Waals surface area contributed by atoms with Gasteiger partial charge >= 0.3 is 0 Å². The zero-order valence-electron chi connectivity index (χ0n) is 13.6. The average Bonchev–Trinajstić information content (AvgIpc) is 3.33. The standard InChI is InChI=1S/C18H17N5O2/c24-16(10-13-4-2-1-3-5-13)23-9-6-14(12-23)17-21-18(25-22-17)15-11-19-7-8-20-15/h1-5,7-8,11,14H,6,9-10,12H2. The van der Waals surface area contributed by atoms with Crippen LogP contribution in [-0.4, -0.2) is 44.0 Å². The van der Waals surface area contributed by atoms with E-state index in [9.17, 15) is 4.79 Å². The van der Waals surface area contributed by atoms with E-state index in [0.29, 0.717) is 36.9 Å². The molecule has 2 aromatic heterocycles. The molecule has 7 heteroatoms. The van der Waals surface area contributed by atoms with Crippen LogP contribution in [0.4, 0.5) is 0 Å². The van der Waals surface area contributed by atoms with E-state index >= 15 is 0 Å². The second-order valence-electron chi connectivity index (χ2n) is 6.04. The topological polar surface area (TPSA) is 85.0 Å². The summed E-state index contributed by atoms with van der Waals surface area (Å²) < 4.78 is 5.29. The lowest BCUT2D eigenvalue weighted by Gasteiger charge is -2.15. The van der Waals surface area contributed by atoms with Crippen molar-refractivity contribution >= 4 is 5.91 Å². The second-order valence-corrected chi connectivity index (χ2v) is 6.04. The molecule has 0 spiro atoms. The molecule has 1 atom stereocenters. The van der Waals surface area contributed by atoms with Crippen LogP contribution < -0.4 is 0 Å². The minimum Gasteiger partial charge on any atom is -0.342 e. The summed E-state index contributed by atoms with van der Waals surface area (Å²) in [5.74, 6) is 1.20. The highest BCUT2D eigenvalue weighted by molar-refractivity contribution is 5.79. The average molecular weight is 335 g/mol. The fourth-order valence-corrected chi connectivity index (χ4v) is 2.99. The van der Waals surface area contributed by atoms with Gasteiger partial charge in [-0.2, -0.15) is 4.98 Å². The lowest BCUT2D eigenvalue weighted by atomic mass is 10.1. The largest absolute Gasteiger partial charge is 0.342 e. The van der Waals surface area contributed by atoms with E-state index in [-0.39, 0.29) is 11.8 Å². The fraction of sp³-hybridized carbons (Fsp3) is 0.278. The molecule has 1 aliphatic rings. The van der Waals surface area contributed by atoms with E-state index in [0.717, 1.165) is 12.0 Å². The van der Waals surface area contributed by atoms with E-state index in [1.165, 1.54) is 0 Å². The van der Waals surface area contributed by atoms with Gasteiger partial charge in [-0.15, -0.1) is 0 Å². The van der Waals surface area contributed by atoms with Gasteiger partial charge in [-0.05, 0) is 12.0 Å². The molecular formula is C18H17N5O2. The molecule has 126 valence electrons. The smallest absolute Gasteiger partial charge is 0.278 e. The Bertz CT molecular complexity index is 850. The van der Waals surface area contributed by atoms with E-state index in [1.807, 2.05) is 35.2 Å². The zero-order valence-corrected chi connectivity index (χ0v) is 13.6. The molecule has 1 fully saturated rings. The molecule has 3 heterocycles. The number of benzene rings is 1. The third kappa shape index (κ3) is 3.40. The van der Waals surface area contributed by atoms with Crippen LogP contribution in [0.3, 0.4) is 0 Å². The SMILES string of the molecule is O=C(Cc1ccccc1)N1CCC(c2noc(-c3cnccn3)n2)C1. The molecule has 25 heavy (non-hydrogen) atoms. The molecule has 1 amide bonds. The quantitative estimate of drug-likeness (QED) is 0.726. The van der Waals surface area contributed by atoms with Crippen LogP contribution in [0.25, 0.3) is 11.6 Å². The Morgan fingerprint density at radius 3 is 2.92 bits per heavy atom. The van der Waals surface area contributed by atoms with Crippen molar-refractivity contribution in [3.63, 3.8) is 0 Å². The zero-order chi connectivity index (χ0) is 17.1. The Hall–Kier alpha value is -3.09. The van der Waals surface area contributed by atoms with Gasteiger partial charge in [0.15, 0.2) is 5.82 Å². The van der Waals surface area contributed by atoms with Gasteiger partial charge < -0.3 is 9.42 Å². The Morgan fingerprint density at radius 1 is 1.24 bits per heavy atom. The first-order chi connectivity index (χ1) is 12.3. The van der Waals surface area contributed by atoms with Gasteiger partial charge in [0.1, 0.15) is 5.69 Å². The Labute approximate surface area is 144 Å². The van der Waals surface area contributed by atoms with Gasteiger partial charge in [0.2, 0.25) is 5.91 Å². The predicted molar refractivity (Wildman–Crippen MR) is 89.4 cm³/mol. The van der Waals surface area contributed by atoms with Crippen molar-refractivity contribution in [2.24, 2.45) is 0 Å². The van der Waals surface area contributed by atoms with Crippen molar-refractivity contribution < 1.29 is 9.32 Å². The molecule has 0 aliphatic carbocycles. The lowest BCUT2D eigenvalue weighted by Crippen LogP contribution is -2.29. The number of hydrogen-bond donors (Lipinski definition) is 0. The molecule has 1 saturated heterocycles. The highest BCUT2D eigenvalue weighted by Crippen LogP contribution is 2.27. The summed E-state index contributed by atoms with van der Waals surface area (Å²) in [4.78, 5) is 26.9. The molecule has 0 radical (unpaired) electrons. The van der Waals surface area contributed by atoms with E-state index < -0.39 is 0 Å². The third-order valence-electron chi connectivity index (χ3n) is 4.33. The van der Waals surface area contributed by atoms with Crippen LogP contribution in [0.1, 0.15) is 23.7 Å². The third-order valence-corrected chi connectivity index (χ3v) is 4.33. The number of amides is 1. The highest BCUT2D eigenvalue weighted by Gasteiger charge is 2.30. The first kappa shape index (κ1) is 15.4. The summed E-state index contributed by atoms with van der Waals surface area (Å²) in [5.41, 5.74) is 1.58. The minimum atomic E-state index is 0.0916. The van der Waals surface area contributed by atoms with Crippen molar-refractivity contribution in [1.29, 1.82) is 0 Å². The molecule has 1 aliphatic heterocycles. The number of likely N-dealkylation sites (tertiary alicyclic amines) is 1. The molecule has 1 unspecified atom stereocenters. The first-order valence-corrected chi connectivity index (χ1v) is 8.21. The van der Waals surface area contributed by atoms with Gasteiger partial charge in [-0.25, -0.2) is 4.98 Å². The maximum Gasteiger partial charge on any atom is 0.278 e. The molecule has 1 aromatic carbocycles. The van der Waals surface area contributed by atoms with Gasteiger partial charge in [0, 0.05) is 31.4 Å². The van der Waals surface area contributed by atoms with Crippen molar-refractivity contribution in [1.82, 2.24) is 25.0 Å². The summed E-state index contributed by atoms with van der Waals surface area (Å²) in [6, 6.07) is 9.78. The monoisotopic (exact) mass is 335 g/mol. The summed E-state index contributed by atoms with van der Waals surface area (Å²) in [6.45, 7) is 1.33. The van der Waals surface area contributed by atoms with Crippen molar-refractivity contribution in [2.75, 3.05) is 13.1 Å². The van der Waals surface area contributed by atoms with E-state index in [2.05, 4.69) is 20.1 Å². The number of aromatic nitrogens is 4. The maximum absolute atomic E-state index is 12.5. The molecule has 7 nitrogen and oxygen atoms in total. The lowest BCUT2D eigenvalue weighted by molar-refractivity contribution is -0.129. The Balaban J connectivity index is 1.41. The number of hydrogen-bond acceptors (Lipinski definition) is 6. The summed E-state index contributed by atoms with van der Waals surface area (Å²) in [5, 5.41) is 4.06. The summed E-state index contributed by atoms with van der Waals surface area (Å²) in [6.07, 6.45) is 6.01. The van der Waals surface area contributed by atoms with Crippen molar-refractivity contribution in [3.05, 3.63) is 60.3 Å². The fourth-order valence-electron chi connectivity index (χ4n) is 2.99. The summed E-state index contributed by atoms with van der Waals surface area (Å²) in [7, 11) is 0. The molecule has 3 aromatic rings. The molecule has 0 saturated carbocycles. The maximum atomic E-state index is 12.5. The van der Waals surface area contributed by atoms with Gasteiger partial charge in [0.05, 0.1) is 12.6 Å². The van der Waals surface area contributed by atoms with Crippen LogP contribution in [0.5, 0.6) is 0 Å². The van der Waals surface area contributed by atoms with Crippen LogP contribution in [0.15, 0.2) is 53.4 Å². The van der Waals surface area contributed by atoms with E-state index in [1.54, 1.807) is 18.6 Å². The summed E-state index contributed by atoms with van der Waals surface area (Å²) >= 11 is 0. The van der Waals surface area contributed by atoms with Crippen LogP contribution in [0, 0.1) is 0 Å². The van der Waals surface area contributed by atoms with Gasteiger partial charge in [0.25, 0.3) is 5.89 Å². The van der Waals surface area contributed by atoms with Gasteiger partial charge in [-0.1, -0.05) is 35.5 Å². The normalized spacial score (nSPS) is 17.0. The number of rotatable bonds is 4. The second kappa shape index (κ2) is 6.80. The molecule has 4 rings (SSSR count). The minimum absolute atomic E-state index is 0.0916. The molecule has 0 N–H and O–H groups in total. The molecular weight excluding hydrogens is 318 g/mol. The predicted octanol–water partition coefficient (Wildman–Crippen LogP) is 2.09. The number of nitrogens with zero attached hydrogens (tertiary/aromatic N) is 5. The van der Waals surface area contributed by atoms with Crippen molar-refractivity contribution in [2.45, 2.75) is 18.8 Å². The Morgan fingerprint density at radius 2 is 2.12 bits per heavy atom. The van der Waals surface area contributed by atoms with Crippen LogP contribution in [-0.2, 0) is 11.2 Å². The first-order valence-electron chi connectivity index (χ1n) is 8.21. The van der Waals surface area contributed by atoms with Crippen molar-refractivity contribution in [3.8, 4) is 11.6 Å². The number of carbonyl (C=O) groups is 1. The number of carbonyl (C=O) groups excluding carboxylic acids is 1. The van der Waals surface area contributed by atoms with Crippen LogP contribution in [0.2, 0.25) is 0 Å². The Kier molecular flexibility index (Phi) is 4.20. The highest BCUT2D eigenvalue weighted by atomic mass is 16.5. The van der Waals surface area contributed by atoms with E-state index in [4.69, 9.17) is 4.52 Å². The van der Waals surface area contributed by atoms with Crippen LogP contribution >= 0.6 is 0 Å². The van der Waals surface area contributed by atoms with Gasteiger partial charge in [-0.3, -0.25) is 9.78 Å².